The molecule has 3 rings (SSSR count). The summed E-state index contributed by atoms with van der Waals surface area (Å²) in [5.41, 5.74) is 8.43. The molecule has 3 heteroatoms. The molecule has 2 N–H and O–H groups in total. The van der Waals surface area contributed by atoms with Crippen LogP contribution in [-0.2, 0) is 17.7 Å². The molecule has 0 bridgehead atoms. The quantitative estimate of drug-likeness (QED) is 0.895. The van der Waals surface area contributed by atoms with E-state index in [4.69, 9.17) is 10.5 Å². The predicted octanol–water partition coefficient (Wildman–Crippen LogP) is 2.71. The van der Waals surface area contributed by atoms with Crippen molar-refractivity contribution in [3.8, 4) is 0 Å². The first kappa shape index (κ1) is 12.7. The molecule has 1 aliphatic rings. The molecule has 3 nitrogen and oxygen atoms in total. The van der Waals surface area contributed by atoms with Crippen LogP contribution in [0.3, 0.4) is 0 Å². The van der Waals surface area contributed by atoms with Crippen molar-refractivity contribution in [2.45, 2.75) is 38.3 Å². The third kappa shape index (κ3) is 2.67. The minimum absolute atomic E-state index is 0.458. The van der Waals surface area contributed by atoms with E-state index >= 15 is 0 Å². The number of hydrogen-bond donors (Lipinski definition) is 1. The molecule has 102 valence electrons. The Balaban J connectivity index is 1.81. The average Bonchev–Trinajstić information content (AvgIpc) is 3.06. The van der Waals surface area contributed by atoms with E-state index in [0.717, 1.165) is 26.0 Å². The van der Waals surface area contributed by atoms with Crippen LogP contribution in [0.4, 0.5) is 0 Å². The summed E-state index contributed by atoms with van der Waals surface area (Å²) in [4.78, 5) is 0. The second-order valence-electron chi connectivity index (χ2n) is 5.33. The van der Waals surface area contributed by atoms with Gasteiger partial charge in [0.15, 0.2) is 0 Å². The molecule has 1 saturated heterocycles. The van der Waals surface area contributed by atoms with Crippen molar-refractivity contribution >= 4 is 10.9 Å². The summed E-state index contributed by atoms with van der Waals surface area (Å²) in [5.74, 6) is 0. The van der Waals surface area contributed by atoms with Crippen molar-refractivity contribution in [1.82, 2.24) is 4.57 Å². The SMILES string of the molecule is NCCc1cccc2ccn(CCC3CCCO3)c12. The molecule has 0 saturated carbocycles. The molecule has 0 amide bonds. The van der Waals surface area contributed by atoms with Crippen molar-refractivity contribution in [1.29, 1.82) is 0 Å². The first-order valence-corrected chi connectivity index (χ1v) is 7.27. The van der Waals surface area contributed by atoms with E-state index in [1.54, 1.807) is 0 Å². The van der Waals surface area contributed by atoms with Gasteiger partial charge in [-0.25, -0.2) is 0 Å². The second-order valence-corrected chi connectivity index (χ2v) is 5.33. The van der Waals surface area contributed by atoms with Gasteiger partial charge in [0, 0.05) is 19.3 Å². The molecule has 1 atom stereocenters. The Morgan fingerprint density at radius 1 is 1.32 bits per heavy atom. The summed E-state index contributed by atoms with van der Waals surface area (Å²) in [6.07, 6.45) is 7.14. The smallest absolute Gasteiger partial charge is 0.0593 e. The van der Waals surface area contributed by atoms with E-state index in [1.807, 2.05) is 0 Å². The molecule has 2 heterocycles. The number of nitrogens with zero attached hydrogens (tertiary/aromatic N) is 1. The lowest BCUT2D eigenvalue weighted by Gasteiger charge is -2.12. The van der Waals surface area contributed by atoms with Crippen molar-refractivity contribution in [3.63, 3.8) is 0 Å². The Kier molecular flexibility index (Phi) is 3.85. The van der Waals surface area contributed by atoms with Crippen molar-refractivity contribution in [2.24, 2.45) is 5.73 Å². The molecule has 1 aliphatic heterocycles. The number of para-hydroxylation sites is 1. The lowest BCUT2D eigenvalue weighted by atomic mass is 10.1. The van der Waals surface area contributed by atoms with Crippen molar-refractivity contribution < 1.29 is 4.74 Å². The van der Waals surface area contributed by atoms with E-state index in [9.17, 15) is 0 Å². The van der Waals surface area contributed by atoms with Crippen LogP contribution in [0, 0.1) is 0 Å². The van der Waals surface area contributed by atoms with E-state index in [1.165, 1.54) is 29.3 Å². The summed E-state index contributed by atoms with van der Waals surface area (Å²) in [5, 5.41) is 1.32. The van der Waals surface area contributed by atoms with Crippen LogP contribution in [0.1, 0.15) is 24.8 Å². The highest BCUT2D eigenvalue weighted by atomic mass is 16.5. The van der Waals surface area contributed by atoms with Gasteiger partial charge in [-0.1, -0.05) is 18.2 Å². The van der Waals surface area contributed by atoms with Crippen LogP contribution in [0.15, 0.2) is 30.5 Å². The number of aromatic nitrogens is 1. The maximum Gasteiger partial charge on any atom is 0.0593 e. The molecule has 1 fully saturated rings. The number of fused-ring (bicyclic) bond motifs is 1. The summed E-state index contributed by atoms with van der Waals surface area (Å²) in [7, 11) is 0. The maximum atomic E-state index is 5.71. The minimum atomic E-state index is 0.458. The Morgan fingerprint density at radius 3 is 3.05 bits per heavy atom. The fourth-order valence-electron chi connectivity index (χ4n) is 3.04. The average molecular weight is 258 g/mol. The first-order chi connectivity index (χ1) is 9.38. The fourth-order valence-corrected chi connectivity index (χ4v) is 3.04. The molecular formula is C16H22N2O. The van der Waals surface area contributed by atoms with Gasteiger partial charge in [0.1, 0.15) is 0 Å². The summed E-state index contributed by atoms with van der Waals surface area (Å²) in [6, 6.07) is 8.69. The zero-order valence-electron chi connectivity index (χ0n) is 11.3. The number of benzene rings is 1. The van der Waals surface area contributed by atoms with E-state index in [2.05, 4.69) is 35.0 Å². The lowest BCUT2D eigenvalue weighted by molar-refractivity contribution is 0.101. The normalized spacial score (nSPS) is 19.3. The number of rotatable bonds is 5. The third-order valence-corrected chi connectivity index (χ3v) is 4.00. The van der Waals surface area contributed by atoms with Crippen LogP contribution >= 0.6 is 0 Å². The molecular weight excluding hydrogens is 236 g/mol. The minimum Gasteiger partial charge on any atom is -0.378 e. The van der Waals surface area contributed by atoms with Crippen LogP contribution in [0.25, 0.3) is 10.9 Å². The molecule has 1 aromatic carbocycles. The molecule has 2 aromatic rings. The van der Waals surface area contributed by atoms with Gasteiger partial charge >= 0.3 is 0 Å². The highest BCUT2D eigenvalue weighted by molar-refractivity contribution is 5.83. The van der Waals surface area contributed by atoms with Gasteiger partial charge in [-0.2, -0.15) is 0 Å². The molecule has 1 aromatic heterocycles. The summed E-state index contributed by atoms with van der Waals surface area (Å²) < 4.78 is 8.07. The van der Waals surface area contributed by atoms with Gasteiger partial charge in [-0.05, 0) is 49.2 Å². The molecule has 0 radical (unpaired) electrons. The number of hydrogen-bond acceptors (Lipinski definition) is 2. The Labute approximate surface area is 114 Å². The first-order valence-electron chi connectivity index (χ1n) is 7.27. The Hall–Kier alpha value is -1.32. The monoisotopic (exact) mass is 258 g/mol. The number of aryl methyl sites for hydroxylation is 1. The van der Waals surface area contributed by atoms with Crippen LogP contribution in [-0.4, -0.2) is 23.8 Å². The molecule has 19 heavy (non-hydrogen) atoms. The molecule has 0 spiro atoms. The van der Waals surface area contributed by atoms with E-state index < -0.39 is 0 Å². The van der Waals surface area contributed by atoms with Gasteiger partial charge in [0.05, 0.1) is 11.6 Å². The highest BCUT2D eigenvalue weighted by Gasteiger charge is 2.15. The fraction of sp³-hybridized carbons (Fsp3) is 0.500. The number of nitrogens with two attached hydrogens (primary N) is 1. The molecule has 0 aliphatic carbocycles. The lowest BCUT2D eigenvalue weighted by Crippen LogP contribution is -2.10. The van der Waals surface area contributed by atoms with Crippen LogP contribution in [0.2, 0.25) is 0 Å². The predicted molar refractivity (Wildman–Crippen MR) is 78.3 cm³/mol. The van der Waals surface area contributed by atoms with Crippen molar-refractivity contribution in [2.75, 3.05) is 13.2 Å². The second kappa shape index (κ2) is 5.76. The van der Waals surface area contributed by atoms with Gasteiger partial charge in [0.25, 0.3) is 0 Å². The summed E-state index contributed by atoms with van der Waals surface area (Å²) in [6.45, 7) is 2.68. The Bertz CT molecular complexity index is 541. The van der Waals surface area contributed by atoms with Gasteiger partial charge < -0.3 is 15.0 Å². The largest absolute Gasteiger partial charge is 0.378 e. The number of ether oxygens (including phenoxy) is 1. The summed E-state index contributed by atoms with van der Waals surface area (Å²) >= 11 is 0. The van der Waals surface area contributed by atoms with Crippen LogP contribution < -0.4 is 5.73 Å². The van der Waals surface area contributed by atoms with Crippen LogP contribution in [0.5, 0.6) is 0 Å². The van der Waals surface area contributed by atoms with Gasteiger partial charge in [0.2, 0.25) is 0 Å². The topological polar surface area (TPSA) is 40.2 Å². The Morgan fingerprint density at radius 2 is 2.26 bits per heavy atom. The molecule has 1 unspecified atom stereocenters. The maximum absolute atomic E-state index is 5.71. The van der Waals surface area contributed by atoms with Crippen molar-refractivity contribution in [3.05, 3.63) is 36.0 Å². The highest BCUT2D eigenvalue weighted by Crippen LogP contribution is 2.23. The third-order valence-electron chi connectivity index (χ3n) is 4.00. The van der Waals surface area contributed by atoms with E-state index in [0.29, 0.717) is 12.6 Å². The van der Waals surface area contributed by atoms with Gasteiger partial charge in [-0.3, -0.25) is 0 Å². The van der Waals surface area contributed by atoms with Gasteiger partial charge in [-0.15, -0.1) is 0 Å². The zero-order chi connectivity index (χ0) is 13.1. The standard InChI is InChI=1S/C16H22N2O/c17-9-6-13-3-1-4-14-7-10-18(16(13)14)11-8-15-5-2-12-19-15/h1,3-4,7,10,15H,2,5-6,8-9,11-12,17H2. The van der Waals surface area contributed by atoms with E-state index in [-0.39, 0.29) is 0 Å². The zero-order valence-corrected chi connectivity index (χ0v) is 11.3.